The molecule has 2 atom stereocenters. The number of nitrogens with one attached hydrogen (secondary N) is 1. The number of esters is 1. The van der Waals surface area contributed by atoms with Gasteiger partial charge in [0, 0.05) is 0 Å². The molecule has 0 fully saturated rings. The number of ether oxygens (including phenoxy) is 1. The summed E-state index contributed by atoms with van der Waals surface area (Å²) in [6.07, 6.45) is -6.11. The van der Waals surface area contributed by atoms with Crippen LogP contribution in [0, 0.1) is 5.82 Å². The Morgan fingerprint density at radius 3 is 2.08 bits per heavy atom. The van der Waals surface area contributed by atoms with Gasteiger partial charge in [-0.2, -0.15) is 13.2 Å². The van der Waals surface area contributed by atoms with Gasteiger partial charge in [-0.25, -0.2) is 13.3 Å². The second kappa shape index (κ2) is 7.82. The van der Waals surface area contributed by atoms with Crippen molar-refractivity contribution in [1.29, 1.82) is 0 Å². The lowest BCUT2D eigenvalue weighted by molar-refractivity contribution is -0.202. The number of halogens is 4. The van der Waals surface area contributed by atoms with Gasteiger partial charge in [-0.15, -0.1) is 0 Å². The van der Waals surface area contributed by atoms with Gasteiger partial charge in [0.1, 0.15) is 5.82 Å². The third kappa shape index (κ3) is 5.24. The first kappa shape index (κ1) is 21.6. The molecule has 9 heteroatoms. The monoisotopic (exact) mass is 383 g/mol. The lowest BCUT2D eigenvalue weighted by Crippen LogP contribution is -2.58. The molecule has 0 amide bonds. The second-order valence-electron chi connectivity index (χ2n) is 6.37. The normalized spacial score (nSPS) is 16.2. The van der Waals surface area contributed by atoms with Gasteiger partial charge in [0.25, 0.3) is 0 Å². The van der Waals surface area contributed by atoms with Crippen LogP contribution in [-0.4, -0.2) is 27.7 Å². The fourth-order valence-electron chi connectivity index (χ4n) is 1.99. The van der Waals surface area contributed by atoms with Gasteiger partial charge in [-0.05, 0) is 45.4 Å². The molecule has 1 aromatic carbocycles. The molecule has 0 saturated carbocycles. The van der Waals surface area contributed by atoms with Gasteiger partial charge in [0.15, 0.2) is 5.54 Å². The molecule has 4 nitrogen and oxygen atoms in total. The molecule has 0 aromatic heterocycles. The Morgan fingerprint density at radius 2 is 1.68 bits per heavy atom. The Bertz CT molecular complexity index is 626. The summed E-state index contributed by atoms with van der Waals surface area (Å²) in [5.41, 5.74) is -3.39. The van der Waals surface area contributed by atoms with E-state index in [9.17, 15) is 26.6 Å². The molecule has 25 heavy (non-hydrogen) atoms. The van der Waals surface area contributed by atoms with Gasteiger partial charge in [0.2, 0.25) is 0 Å². The summed E-state index contributed by atoms with van der Waals surface area (Å²) in [5.74, 6) is -1.84. The summed E-state index contributed by atoms with van der Waals surface area (Å²) in [5, 5.41) is 0. The zero-order valence-corrected chi connectivity index (χ0v) is 15.2. The van der Waals surface area contributed by atoms with Crippen LogP contribution in [0.1, 0.15) is 39.7 Å². The third-order valence-corrected chi connectivity index (χ3v) is 5.01. The number of benzene rings is 1. The maximum absolute atomic E-state index is 14.0. The maximum Gasteiger partial charge on any atom is 0.412 e. The van der Waals surface area contributed by atoms with Crippen LogP contribution >= 0.6 is 0 Å². The van der Waals surface area contributed by atoms with Crippen LogP contribution in [0.3, 0.4) is 0 Å². The van der Waals surface area contributed by atoms with Crippen molar-refractivity contribution < 1.29 is 31.3 Å². The number of hydrogen-bond donors (Lipinski definition) is 1. The van der Waals surface area contributed by atoms with Gasteiger partial charge < -0.3 is 4.74 Å². The minimum absolute atomic E-state index is 0.0987. The molecule has 0 aliphatic rings. The lowest BCUT2D eigenvalue weighted by Gasteiger charge is -2.37. The van der Waals surface area contributed by atoms with Crippen molar-refractivity contribution in [2.24, 2.45) is 0 Å². The van der Waals surface area contributed by atoms with E-state index in [4.69, 9.17) is 0 Å². The zero-order chi connectivity index (χ0) is 19.5. The van der Waals surface area contributed by atoms with Crippen molar-refractivity contribution >= 4 is 17.0 Å². The lowest BCUT2D eigenvalue weighted by atomic mass is 9.87. The van der Waals surface area contributed by atoms with E-state index in [0.29, 0.717) is 0 Å². The van der Waals surface area contributed by atoms with Crippen LogP contribution < -0.4 is 4.72 Å². The molecule has 0 bridgehead atoms. The number of rotatable bonds is 6. The number of hydrogen-bond acceptors (Lipinski definition) is 3. The van der Waals surface area contributed by atoms with Crippen LogP contribution in [0.2, 0.25) is 0 Å². The molecule has 1 rings (SSSR count). The van der Waals surface area contributed by atoms with E-state index in [1.54, 1.807) is 0 Å². The molecule has 1 N–H and O–H groups in total. The van der Waals surface area contributed by atoms with Crippen molar-refractivity contribution in [1.82, 2.24) is 4.72 Å². The molecule has 0 radical (unpaired) electrons. The van der Waals surface area contributed by atoms with E-state index >= 15 is 0 Å². The Kier molecular flexibility index (Phi) is 6.74. The van der Waals surface area contributed by atoms with Crippen molar-refractivity contribution in [3.8, 4) is 0 Å². The smallest absolute Gasteiger partial charge is 0.412 e. The minimum atomic E-state index is -4.99. The predicted octanol–water partition coefficient (Wildman–Crippen LogP) is 3.59. The number of carbonyl (C=O) groups excluding carboxylic acids is 1. The SMILES string of the molecule is CCOC(=O)C[C@](N[S@@](=O)C(C)(C)C)(c1ccc(F)cc1)C(F)(F)F. The summed E-state index contributed by atoms with van der Waals surface area (Å²) in [4.78, 5) is 11.8. The average Bonchev–Trinajstić information content (AvgIpc) is 2.45. The third-order valence-electron chi connectivity index (χ3n) is 3.36. The topological polar surface area (TPSA) is 55.4 Å². The number of carbonyl (C=O) groups is 1. The summed E-state index contributed by atoms with van der Waals surface area (Å²) in [7, 11) is -2.15. The van der Waals surface area contributed by atoms with Crippen molar-refractivity contribution in [3.05, 3.63) is 35.6 Å². The molecular weight excluding hydrogens is 362 g/mol. The average molecular weight is 383 g/mol. The molecular formula is C16H21F4NO3S. The summed E-state index contributed by atoms with van der Waals surface area (Å²) in [6.45, 7) is 5.84. The van der Waals surface area contributed by atoms with E-state index in [-0.39, 0.29) is 6.61 Å². The molecule has 0 unspecified atom stereocenters. The van der Waals surface area contributed by atoms with Gasteiger partial charge in [0.05, 0.1) is 28.8 Å². The zero-order valence-electron chi connectivity index (χ0n) is 14.4. The highest BCUT2D eigenvalue weighted by molar-refractivity contribution is 7.84. The highest BCUT2D eigenvalue weighted by Crippen LogP contribution is 2.43. The van der Waals surface area contributed by atoms with Gasteiger partial charge in [-0.3, -0.25) is 4.79 Å². The summed E-state index contributed by atoms with van der Waals surface area (Å²) >= 11 is 0. The Balaban J connectivity index is 3.50. The first-order valence-electron chi connectivity index (χ1n) is 7.51. The van der Waals surface area contributed by atoms with Crippen LogP contribution in [0.15, 0.2) is 24.3 Å². The Hall–Kier alpha value is -1.48. The van der Waals surface area contributed by atoms with Gasteiger partial charge >= 0.3 is 12.1 Å². The molecule has 142 valence electrons. The largest absolute Gasteiger partial charge is 0.466 e. The Morgan fingerprint density at radius 1 is 1.16 bits per heavy atom. The molecule has 0 aliphatic carbocycles. The van der Waals surface area contributed by atoms with E-state index in [1.807, 2.05) is 0 Å². The molecule has 0 heterocycles. The Labute approximate surface area is 146 Å². The fraction of sp³-hybridized carbons (Fsp3) is 0.562. The van der Waals surface area contributed by atoms with Crippen LogP contribution in [0.4, 0.5) is 17.6 Å². The standard InChI is InChI=1S/C16H21F4NO3S/c1-5-24-13(22)10-15(16(18,19)20,21-25(23)14(2,3)4)11-6-8-12(17)9-7-11/h6-9,21H,5,10H2,1-4H3/t15-,25-/m0/s1. The molecule has 1 aromatic rings. The van der Waals surface area contributed by atoms with E-state index in [1.165, 1.54) is 27.7 Å². The van der Waals surface area contributed by atoms with Crippen molar-refractivity contribution in [3.63, 3.8) is 0 Å². The van der Waals surface area contributed by atoms with E-state index in [0.717, 1.165) is 24.3 Å². The highest BCUT2D eigenvalue weighted by Gasteiger charge is 2.59. The van der Waals surface area contributed by atoms with Crippen LogP contribution in [-0.2, 0) is 26.1 Å². The fourth-order valence-corrected chi connectivity index (χ4v) is 2.92. The quantitative estimate of drug-likeness (QED) is 0.603. The molecule has 0 spiro atoms. The summed E-state index contributed by atoms with van der Waals surface area (Å²) in [6, 6.07) is 3.52. The summed E-state index contributed by atoms with van der Waals surface area (Å²) < 4.78 is 73.3. The second-order valence-corrected chi connectivity index (χ2v) is 8.34. The molecule has 0 saturated heterocycles. The predicted molar refractivity (Wildman–Crippen MR) is 86.4 cm³/mol. The van der Waals surface area contributed by atoms with Crippen molar-refractivity contribution in [2.45, 2.75) is 50.6 Å². The van der Waals surface area contributed by atoms with Crippen molar-refractivity contribution in [2.75, 3.05) is 6.61 Å². The van der Waals surface area contributed by atoms with E-state index in [2.05, 4.69) is 9.46 Å². The van der Waals surface area contributed by atoms with Crippen LogP contribution in [0.25, 0.3) is 0 Å². The van der Waals surface area contributed by atoms with Crippen LogP contribution in [0.5, 0.6) is 0 Å². The maximum atomic E-state index is 14.0. The first-order chi connectivity index (χ1) is 11.3. The number of alkyl halides is 3. The minimum Gasteiger partial charge on any atom is -0.466 e. The molecule has 0 aliphatic heterocycles. The highest BCUT2D eigenvalue weighted by atomic mass is 32.2. The van der Waals surface area contributed by atoms with Gasteiger partial charge in [-0.1, -0.05) is 12.1 Å². The first-order valence-corrected chi connectivity index (χ1v) is 8.66. The van der Waals surface area contributed by atoms with E-state index < -0.39 is 51.2 Å².